The molecule has 215 valence electrons. The molecule has 0 saturated heterocycles. The molecule has 0 N–H and O–H groups in total. The first-order valence-corrected chi connectivity index (χ1v) is 16.4. The van der Waals surface area contributed by atoms with Crippen LogP contribution in [0.15, 0.2) is 36.4 Å². The van der Waals surface area contributed by atoms with Crippen LogP contribution < -0.4 is 24.8 Å². The summed E-state index contributed by atoms with van der Waals surface area (Å²) in [6.45, 7) is 17.9. The molecule has 0 spiro atoms. The van der Waals surface area contributed by atoms with Gasteiger partial charge in [-0.05, 0) is 22.9 Å². The van der Waals surface area contributed by atoms with E-state index < -0.39 is 0 Å². The van der Waals surface area contributed by atoms with Gasteiger partial charge in [0.1, 0.15) is 0 Å². The summed E-state index contributed by atoms with van der Waals surface area (Å²) < 4.78 is 0. The number of halogens is 2. The summed E-state index contributed by atoms with van der Waals surface area (Å²) in [5.41, 5.74) is 8.28. The van der Waals surface area contributed by atoms with Crippen LogP contribution in [0.25, 0.3) is 0 Å². The third-order valence-corrected chi connectivity index (χ3v) is 10.5. The maximum Gasteiger partial charge on any atom is 4.00 e. The van der Waals surface area contributed by atoms with Gasteiger partial charge in [-0.25, -0.2) is 12.1 Å². The SMILES string of the molecule is C1CCC([SiH]C2CCCCC2)CC1.CC(C)c1c[cH-]c(C(C)C)c1.CC(C)c1c[cH-]c(C(C)C)c1.[Cl-].[Cl-].[Hf+4]. The fraction of sp³-hybridized carbons (Fsp3) is 0.706. The third kappa shape index (κ3) is 15.4. The van der Waals surface area contributed by atoms with Crippen LogP contribution in [-0.2, 0) is 25.8 Å². The molecule has 0 aromatic heterocycles. The van der Waals surface area contributed by atoms with Crippen molar-refractivity contribution < 1.29 is 50.7 Å². The van der Waals surface area contributed by atoms with Crippen LogP contribution in [0.4, 0.5) is 0 Å². The molecule has 0 heterocycles. The van der Waals surface area contributed by atoms with Crippen molar-refractivity contribution in [3.63, 3.8) is 0 Å². The normalized spacial score (nSPS) is 16.1. The molecule has 38 heavy (non-hydrogen) atoms. The number of hydrogen-bond donors (Lipinski definition) is 0. The van der Waals surface area contributed by atoms with Crippen molar-refractivity contribution in [3.8, 4) is 0 Å². The molecule has 2 aliphatic carbocycles. The number of hydrogen-bond acceptors (Lipinski definition) is 0. The van der Waals surface area contributed by atoms with Gasteiger partial charge in [-0.15, -0.1) is 0 Å². The molecule has 0 bridgehead atoms. The zero-order chi connectivity index (χ0) is 25.8. The van der Waals surface area contributed by atoms with Crippen molar-refractivity contribution in [3.05, 3.63) is 58.7 Å². The molecule has 0 atom stereocenters. The van der Waals surface area contributed by atoms with Crippen molar-refractivity contribution in [2.75, 3.05) is 0 Å². The molecule has 4 rings (SSSR count). The second-order valence-corrected chi connectivity index (χ2v) is 14.8. The second-order valence-electron chi connectivity index (χ2n) is 12.6. The molecule has 2 fully saturated rings. The fourth-order valence-electron chi connectivity index (χ4n) is 5.44. The van der Waals surface area contributed by atoms with Crippen LogP contribution in [0.2, 0.25) is 11.1 Å². The average molecular weight is 743 g/mol. The topological polar surface area (TPSA) is 0 Å². The van der Waals surface area contributed by atoms with Crippen molar-refractivity contribution in [1.82, 2.24) is 0 Å². The molecule has 2 saturated carbocycles. The summed E-state index contributed by atoms with van der Waals surface area (Å²) in [4.78, 5) is 0. The quantitative estimate of drug-likeness (QED) is 0.281. The first-order chi connectivity index (χ1) is 16.7. The Labute approximate surface area is 271 Å². The Kier molecular flexibility index (Phi) is 23.5. The van der Waals surface area contributed by atoms with Crippen molar-refractivity contribution >= 4 is 9.52 Å². The maximum absolute atomic E-state index is 2.31. The van der Waals surface area contributed by atoms with Gasteiger partial charge < -0.3 is 24.8 Å². The van der Waals surface area contributed by atoms with Crippen LogP contribution in [0.5, 0.6) is 0 Å². The van der Waals surface area contributed by atoms with Gasteiger partial charge in [0.15, 0.2) is 0 Å². The van der Waals surface area contributed by atoms with Gasteiger partial charge in [-0.1, -0.05) is 131 Å². The second kappa shape index (κ2) is 22.0. The Morgan fingerprint density at radius 1 is 0.553 bits per heavy atom. The van der Waals surface area contributed by atoms with Crippen LogP contribution >= 0.6 is 0 Å². The molecule has 0 aliphatic heterocycles. The van der Waals surface area contributed by atoms with E-state index >= 15 is 0 Å². The van der Waals surface area contributed by atoms with Crippen molar-refractivity contribution in [2.45, 2.75) is 154 Å². The Bertz CT molecular complexity index is 682. The van der Waals surface area contributed by atoms with E-state index in [4.69, 9.17) is 0 Å². The average Bonchev–Trinajstić information content (AvgIpc) is 3.52. The van der Waals surface area contributed by atoms with E-state index in [2.05, 4.69) is 91.8 Å². The smallest absolute Gasteiger partial charge is 1.00 e. The molecule has 0 unspecified atom stereocenters. The first kappa shape index (κ1) is 40.5. The fourth-order valence-corrected chi connectivity index (χ4v) is 7.92. The molecule has 1 radical (unpaired) electrons. The zero-order valence-electron chi connectivity index (χ0n) is 25.8. The predicted octanol–water partition coefficient (Wildman–Crippen LogP) is 5.24. The molecular formula is C34H57Cl2HfSi. The molecule has 0 nitrogen and oxygen atoms in total. The minimum absolute atomic E-state index is 0. The monoisotopic (exact) mass is 743 g/mol. The minimum Gasteiger partial charge on any atom is -1.00 e. The molecular weight excluding hydrogens is 686 g/mol. The van der Waals surface area contributed by atoms with Crippen molar-refractivity contribution in [2.24, 2.45) is 0 Å². The zero-order valence-corrected chi connectivity index (χ0v) is 32.1. The van der Waals surface area contributed by atoms with E-state index in [1.807, 2.05) is 0 Å². The molecule has 2 aromatic rings. The van der Waals surface area contributed by atoms with Gasteiger partial charge >= 0.3 is 25.8 Å². The van der Waals surface area contributed by atoms with Crippen LogP contribution in [0.3, 0.4) is 0 Å². The Balaban J connectivity index is 0. The number of rotatable bonds is 6. The van der Waals surface area contributed by atoms with Gasteiger partial charge in [-0.3, -0.25) is 0 Å². The summed E-state index contributed by atoms with van der Waals surface area (Å²) >= 11 is 0. The van der Waals surface area contributed by atoms with Crippen LogP contribution in [0.1, 0.15) is 166 Å². The Morgan fingerprint density at radius 2 is 0.868 bits per heavy atom. The maximum atomic E-state index is 2.31. The summed E-state index contributed by atoms with van der Waals surface area (Å²) in [7, 11) is 0.825. The molecule has 2 aromatic carbocycles. The minimum atomic E-state index is 0. The summed E-state index contributed by atoms with van der Waals surface area (Å²) in [5, 5.41) is 0. The summed E-state index contributed by atoms with van der Waals surface area (Å²) in [5.74, 6) is 2.68. The van der Waals surface area contributed by atoms with E-state index in [0.717, 1.165) is 9.52 Å². The van der Waals surface area contributed by atoms with E-state index in [1.165, 1.54) is 46.2 Å². The van der Waals surface area contributed by atoms with E-state index in [0.29, 0.717) is 23.7 Å². The van der Waals surface area contributed by atoms with Crippen LogP contribution in [-0.4, -0.2) is 9.52 Å². The summed E-state index contributed by atoms with van der Waals surface area (Å²) in [6.07, 6.45) is 15.6. The van der Waals surface area contributed by atoms with Gasteiger partial charge in [0.25, 0.3) is 0 Å². The van der Waals surface area contributed by atoms with Crippen molar-refractivity contribution in [1.29, 1.82) is 0 Å². The van der Waals surface area contributed by atoms with E-state index in [9.17, 15) is 0 Å². The molecule has 4 heteroatoms. The standard InChI is InChI=1S/C12H23Si.2C11H17.2ClH.Hf/c1-3-7-11(8-4-1)13-12-9-5-2-6-10-12;2*1-8(2)10-5-6-11(7-10)9(3)4;;;/h11-13H,1-10H2;2*5-9H,1-4H3;2*1H;/q;2*-1;;;+4/p-2. The van der Waals surface area contributed by atoms with Gasteiger partial charge in [0.2, 0.25) is 0 Å². The first-order valence-electron chi connectivity index (χ1n) is 15.0. The Morgan fingerprint density at radius 3 is 1.08 bits per heavy atom. The summed E-state index contributed by atoms with van der Waals surface area (Å²) in [6, 6.07) is 13.6. The molecule has 2 aliphatic rings. The Hall–Kier alpha value is 0.367. The predicted molar refractivity (Wildman–Crippen MR) is 161 cm³/mol. The van der Waals surface area contributed by atoms with Crippen LogP contribution in [0, 0.1) is 0 Å². The van der Waals surface area contributed by atoms with Gasteiger partial charge in [0.05, 0.1) is 0 Å². The molecule has 0 amide bonds. The van der Waals surface area contributed by atoms with E-state index in [1.54, 1.807) is 51.4 Å². The van der Waals surface area contributed by atoms with E-state index in [-0.39, 0.29) is 50.7 Å². The van der Waals surface area contributed by atoms with Gasteiger partial charge in [0, 0.05) is 9.52 Å². The third-order valence-electron chi connectivity index (χ3n) is 8.11. The largest absolute Gasteiger partial charge is 4.00 e. The van der Waals surface area contributed by atoms with Gasteiger partial charge in [-0.2, -0.15) is 46.5 Å².